The molecule has 0 bridgehead atoms. The topological polar surface area (TPSA) is 95.1 Å². The van der Waals surface area contributed by atoms with E-state index >= 15 is 0 Å². The van der Waals surface area contributed by atoms with Crippen LogP contribution < -0.4 is 15.8 Å². The van der Waals surface area contributed by atoms with Gasteiger partial charge in [0.25, 0.3) is 5.91 Å². The Morgan fingerprint density at radius 3 is 2.95 bits per heavy atom. The van der Waals surface area contributed by atoms with E-state index in [2.05, 4.69) is 15.5 Å². The predicted octanol–water partition coefficient (Wildman–Crippen LogP) is 0.783. The molecule has 1 atom stereocenters. The second-order valence-corrected chi connectivity index (χ2v) is 4.77. The van der Waals surface area contributed by atoms with E-state index in [1.165, 1.54) is 18.5 Å². The number of hydrogen-bond donors (Lipinski definition) is 2. The van der Waals surface area contributed by atoms with Crippen LogP contribution in [-0.4, -0.2) is 33.8 Å². The highest BCUT2D eigenvalue weighted by molar-refractivity contribution is 5.97. The number of ether oxygens (including phenoxy) is 1. The molecule has 2 rings (SSSR count). The third-order valence-corrected chi connectivity index (χ3v) is 3.04. The van der Waals surface area contributed by atoms with Crippen molar-refractivity contribution in [3.05, 3.63) is 41.7 Å². The zero-order valence-corrected chi connectivity index (χ0v) is 12.4. The largest absolute Gasteiger partial charge is 0.491 e. The average Bonchev–Trinajstić information content (AvgIpc) is 2.92. The Kier molecular flexibility index (Phi) is 5.05. The minimum absolute atomic E-state index is 0.113. The zero-order valence-electron chi connectivity index (χ0n) is 12.4. The molecule has 2 aromatic rings. The average molecular weight is 307 g/mol. The molecule has 1 unspecified atom stereocenters. The maximum Gasteiger partial charge on any atom is 0.255 e. The molecule has 118 valence electrons. The van der Waals surface area contributed by atoms with E-state index < -0.39 is 11.7 Å². The Hall–Kier alpha value is -2.48. The molecule has 0 spiro atoms. The van der Waals surface area contributed by atoms with Gasteiger partial charge in [-0.3, -0.25) is 4.79 Å². The minimum Gasteiger partial charge on any atom is -0.491 e. The van der Waals surface area contributed by atoms with Gasteiger partial charge < -0.3 is 20.4 Å². The van der Waals surface area contributed by atoms with Gasteiger partial charge in [0.05, 0.1) is 11.6 Å². The van der Waals surface area contributed by atoms with E-state index in [1.54, 1.807) is 18.5 Å². The molecule has 1 heterocycles. The molecule has 0 fully saturated rings. The van der Waals surface area contributed by atoms with Gasteiger partial charge in [-0.15, -0.1) is 10.2 Å². The quantitative estimate of drug-likeness (QED) is 0.822. The van der Waals surface area contributed by atoms with Crippen molar-refractivity contribution in [3.63, 3.8) is 0 Å². The lowest BCUT2D eigenvalue weighted by Gasteiger charge is -2.15. The fourth-order valence-electron chi connectivity index (χ4n) is 2.00. The van der Waals surface area contributed by atoms with E-state index in [0.29, 0.717) is 12.4 Å². The first kappa shape index (κ1) is 15.9. The number of carbonyl (C=O) groups excluding carboxylic acids is 1. The molecular weight excluding hydrogens is 289 g/mol. The fourth-order valence-corrected chi connectivity index (χ4v) is 2.00. The molecule has 8 heteroatoms. The highest BCUT2D eigenvalue weighted by atomic mass is 19.1. The van der Waals surface area contributed by atoms with Crippen LogP contribution in [0.2, 0.25) is 0 Å². The van der Waals surface area contributed by atoms with Gasteiger partial charge in [0.2, 0.25) is 0 Å². The van der Waals surface area contributed by atoms with Crippen LogP contribution >= 0.6 is 0 Å². The summed E-state index contributed by atoms with van der Waals surface area (Å²) in [5, 5.41) is 10.4. The molecule has 0 aliphatic carbocycles. The highest BCUT2D eigenvalue weighted by Gasteiger charge is 2.19. The monoisotopic (exact) mass is 307 g/mol. The summed E-state index contributed by atoms with van der Waals surface area (Å²) in [7, 11) is 1.77. The Balaban J connectivity index is 2.18. The molecule has 0 radical (unpaired) electrons. The fraction of sp³-hybridized carbons (Fsp3) is 0.357. The van der Waals surface area contributed by atoms with Crippen LogP contribution in [0.25, 0.3) is 0 Å². The van der Waals surface area contributed by atoms with Gasteiger partial charge in [0.1, 0.15) is 24.5 Å². The maximum atomic E-state index is 13.4. The summed E-state index contributed by atoms with van der Waals surface area (Å²) in [6.45, 7) is 2.31. The van der Waals surface area contributed by atoms with Crippen molar-refractivity contribution in [2.75, 3.05) is 13.2 Å². The van der Waals surface area contributed by atoms with E-state index in [1.807, 2.05) is 0 Å². The lowest BCUT2D eigenvalue weighted by molar-refractivity contribution is 0.0933. The predicted molar refractivity (Wildman–Crippen MR) is 77.8 cm³/mol. The molecular formula is C14H18FN5O2. The smallest absolute Gasteiger partial charge is 0.255 e. The summed E-state index contributed by atoms with van der Waals surface area (Å²) < 4.78 is 20.5. The number of benzene rings is 1. The summed E-state index contributed by atoms with van der Waals surface area (Å²) in [4.78, 5) is 12.4. The Morgan fingerprint density at radius 1 is 1.55 bits per heavy atom. The van der Waals surface area contributed by atoms with Crippen LogP contribution in [0.15, 0.2) is 24.5 Å². The van der Waals surface area contributed by atoms with Crippen molar-refractivity contribution >= 4 is 5.91 Å². The second kappa shape index (κ2) is 6.99. The second-order valence-electron chi connectivity index (χ2n) is 4.77. The van der Waals surface area contributed by atoms with E-state index in [-0.39, 0.29) is 24.0 Å². The molecule has 0 aliphatic rings. The number of aryl methyl sites for hydroxylation is 1. The van der Waals surface area contributed by atoms with Gasteiger partial charge in [0, 0.05) is 13.6 Å². The summed E-state index contributed by atoms with van der Waals surface area (Å²) >= 11 is 0. The standard InChI is InChI=1S/C14H18FN5O2/c1-9(13-19-17-8-20(13)2)18-14(21)11-7-10(15)3-4-12(11)22-6-5-16/h3-4,7-9H,5-6,16H2,1-2H3,(H,18,21). The Labute approximate surface area is 127 Å². The van der Waals surface area contributed by atoms with E-state index in [4.69, 9.17) is 10.5 Å². The third-order valence-electron chi connectivity index (χ3n) is 3.04. The number of nitrogens with zero attached hydrogens (tertiary/aromatic N) is 3. The summed E-state index contributed by atoms with van der Waals surface area (Å²) in [6, 6.07) is 3.39. The molecule has 7 nitrogen and oxygen atoms in total. The molecule has 22 heavy (non-hydrogen) atoms. The Morgan fingerprint density at radius 2 is 2.32 bits per heavy atom. The van der Waals surface area contributed by atoms with Crippen molar-refractivity contribution in [2.45, 2.75) is 13.0 Å². The highest BCUT2D eigenvalue weighted by Crippen LogP contribution is 2.21. The van der Waals surface area contributed by atoms with Gasteiger partial charge in [-0.25, -0.2) is 4.39 Å². The molecule has 1 amide bonds. The van der Waals surface area contributed by atoms with Crippen molar-refractivity contribution in [1.82, 2.24) is 20.1 Å². The number of rotatable bonds is 6. The van der Waals surface area contributed by atoms with Gasteiger partial charge in [-0.05, 0) is 25.1 Å². The lowest BCUT2D eigenvalue weighted by atomic mass is 10.1. The SMILES string of the molecule is CC(NC(=O)c1cc(F)ccc1OCCN)c1nncn1C. The van der Waals surface area contributed by atoms with Crippen LogP contribution in [0.4, 0.5) is 4.39 Å². The number of aromatic nitrogens is 3. The van der Waals surface area contributed by atoms with E-state index in [0.717, 1.165) is 6.07 Å². The Bertz CT molecular complexity index is 658. The summed E-state index contributed by atoms with van der Waals surface area (Å²) in [5.41, 5.74) is 5.49. The van der Waals surface area contributed by atoms with Crippen LogP contribution in [-0.2, 0) is 7.05 Å². The number of halogens is 1. The molecule has 0 saturated heterocycles. The van der Waals surface area contributed by atoms with Gasteiger partial charge in [-0.2, -0.15) is 0 Å². The molecule has 1 aromatic carbocycles. The molecule has 0 aliphatic heterocycles. The summed E-state index contributed by atoms with van der Waals surface area (Å²) in [6.07, 6.45) is 1.54. The summed E-state index contributed by atoms with van der Waals surface area (Å²) in [5.74, 6) is -0.0951. The number of nitrogens with one attached hydrogen (secondary N) is 1. The van der Waals surface area contributed by atoms with Crippen molar-refractivity contribution in [3.8, 4) is 5.75 Å². The van der Waals surface area contributed by atoms with Crippen molar-refractivity contribution in [1.29, 1.82) is 0 Å². The number of nitrogens with two attached hydrogens (primary N) is 1. The number of amides is 1. The maximum absolute atomic E-state index is 13.4. The van der Waals surface area contributed by atoms with E-state index in [9.17, 15) is 9.18 Å². The molecule has 0 saturated carbocycles. The van der Waals surface area contributed by atoms with Crippen LogP contribution in [0.1, 0.15) is 29.1 Å². The van der Waals surface area contributed by atoms with Gasteiger partial charge in [0.15, 0.2) is 5.82 Å². The lowest BCUT2D eigenvalue weighted by Crippen LogP contribution is -2.29. The third kappa shape index (κ3) is 3.59. The van der Waals surface area contributed by atoms with Crippen LogP contribution in [0, 0.1) is 5.82 Å². The first-order valence-electron chi connectivity index (χ1n) is 6.80. The molecule has 1 aromatic heterocycles. The minimum atomic E-state index is -0.517. The molecule has 3 N–H and O–H groups in total. The van der Waals surface area contributed by atoms with Crippen LogP contribution in [0.5, 0.6) is 5.75 Å². The number of hydrogen-bond acceptors (Lipinski definition) is 5. The first-order valence-corrected chi connectivity index (χ1v) is 6.80. The van der Waals surface area contributed by atoms with Crippen molar-refractivity contribution in [2.24, 2.45) is 12.8 Å². The zero-order chi connectivity index (χ0) is 16.1. The normalized spacial score (nSPS) is 12.0. The first-order chi connectivity index (χ1) is 10.5. The van der Waals surface area contributed by atoms with Gasteiger partial charge >= 0.3 is 0 Å². The number of carbonyl (C=O) groups is 1. The van der Waals surface area contributed by atoms with Gasteiger partial charge in [-0.1, -0.05) is 0 Å². The van der Waals surface area contributed by atoms with Crippen LogP contribution in [0.3, 0.4) is 0 Å². The van der Waals surface area contributed by atoms with Crippen molar-refractivity contribution < 1.29 is 13.9 Å².